The molecule has 10 heteroatoms. The molecule has 1 fully saturated rings. The Balaban J connectivity index is 1.52. The summed E-state index contributed by atoms with van der Waals surface area (Å²) in [5.41, 5.74) is 13.4. The molecule has 1 aliphatic rings. The van der Waals surface area contributed by atoms with Crippen LogP contribution in [0.5, 0.6) is 0 Å². The summed E-state index contributed by atoms with van der Waals surface area (Å²) < 4.78 is 1.26. The van der Waals surface area contributed by atoms with Crippen molar-refractivity contribution in [1.29, 1.82) is 0 Å². The topological polar surface area (TPSA) is 135 Å². The van der Waals surface area contributed by atoms with Crippen LogP contribution in [0.15, 0.2) is 54.7 Å². The Labute approximate surface area is 195 Å². The van der Waals surface area contributed by atoms with Crippen LogP contribution in [0, 0.1) is 0 Å². The third kappa shape index (κ3) is 4.64. The van der Waals surface area contributed by atoms with Crippen molar-refractivity contribution in [3.05, 3.63) is 65.3 Å². The number of primary amides is 1. The molecule has 0 radical (unpaired) electrons. The average Bonchev–Trinajstić information content (AvgIpc) is 3.35. The van der Waals surface area contributed by atoms with E-state index in [-0.39, 0.29) is 24.5 Å². The first-order valence-electron chi connectivity index (χ1n) is 10.5. The molecule has 0 saturated carbocycles. The second-order valence-corrected chi connectivity index (χ2v) is 8.58. The number of nitrogens with zero attached hydrogens (tertiary/aromatic N) is 2. The zero-order chi connectivity index (χ0) is 23.7. The van der Waals surface area contributed by atoms with Crippen LogP contribution in [0.25, 0.3) is 10.9 Å². The van der Waals surface area contributed by atoms with Crippen molar-refractivity contribution in [1.82, 2.24) is 14.8 Å². The lowest BCUT2D eigenvalue weighted by atomic mass is 10.1. The van der Waals surface area contributed by atoms with Crippen LogP contribution in [0.3, 0.4) is 0 Å². The lowest BCUT2D eigenvalue weighted by Gasteiger charge is -2.25. The SMILES string of the molecule is C[C@H](NC(=O)[C@@H]1C[C@H](N)CN1C(=O)Nc1cn(C(N)=O)c2ccccc12)c1cccc(Cl)c1. The number of para-hydroxylation sites is 1. The van der Waals surface area contributed by atoms with Gasteiger partial charge in [0.25, 0.3) is 0 Å². The molecule has 33 heavy (non-hydrogen) atoms. The van der Waals surface area contributed by atoms with Gasteiger partial charge in [0.1, 0.15) is 6.04 Å². The predicted molar refractivity (Wildman–Crippen MR) is 127 cm³/mol. The minimum absolute atomic E-state index is 0.226. The normalized spacial score (nSPS) is 18.8. The summed E-state index contributed by atoms with van der Waals surface area (Å²) in [6.45, 7) is 2.07. The van der Waals surface area contributed by atoms with E-state index in [0.717, 1.165) is 5.56 Å². The van der Waals surface area contributed by atoms with Crippen molar-refractivity contribution in [2.75, 3.05) is 11.9 Å². The predicted octanol–water partition coefficient (Wildman–Crippen LogP) is 3.03. The van der Waals surface area contributed by atoms with E-state index in [4.69, 9.17) is 23.1 Å². The molecule has 1 saturated heterocycles. The van der Waals surface area contributed by atoms with Crippen LogP contribution in [0.2, 0.25) is 5.02 Å². The minimum Gasteiger partial charge on any atom is -0.351 e. The average molecular weight is 469 g/mol. The molecule has 2 aromatic carbocycles. The van der Waals surface area contributed by atoms with Crippen LogP contribution in [-0.2, 0) is 4.79 Å². The highest BCUT2D eigenvalue weighted by molar-refractivity contribution is 6.30. The number of nitrogens with one attached hydrogen (secondary N) is 2. The van der Waals surface area contributed by atoms with Gasteiger partial charge in [-0.05, 0) is 37.1 Å². The van der Waals surface area contributed by atoms with Crippen LogP contribution in [-0.4, -0.2) is 46.1 Å². The number of fused-ring (bicyclic) bond motifs is 1. The highest BCUT2D eigenvalue weighted by Gasteiger charge is 2.39. The fourth-order valence-corrected chi connectivity index (χ4v) is 4.36. The minimum atomic E-state index is -0.730. The molecule has 3 atom stereocenters. The molecule has 2 heterocycles. The molecule has 4 amide bonds. The molecule has 0 spiro atoms. The summed E-state index contributed by atoms with van der Waals surface area (Å²) in [5.74, 6) is -0.301. The standard InChI is InChI=1S/C23H25ClN6O3/c1-13(14-5-4-6-15(24)9-14)27-21(31)20-10-16(25)11-30(20)23(33)28-18-12-29(22(26)32)19-8-3-2-7-17(18)19/h2-9,12-13,16,20H,10-11,25H2,1H3,(H2,26,32)(H,27,31)(H,28,33)/t13-,16-,20-/m0/s1. The Morgan fingerprint density at radius 3 is 2.64 bits per heavy atom. The molecular formula is C23H25ClN6O3. The number of rotatable bonds is 4. The van der Waals surface area contributed by atoms with E-state index in [1.807, 2.05) is 19.1 Å². The number of aromatic nitrogens is 1. The molecule has 1 aliphatic heterocycles. The van der Waals surface area contributed by atoms with Crippen molar-refractivity contribution in [3.63, 3.8) is 0 Å². The van der Waals surface area contributed by atoms with Gasteiger partial charge in [-0.25, -0.2) is 9.59 Å². The second kappa shape index (κ2) is 9.13. The molecule has 6 N–H and O–H groups in total. The monoisotopic (exact) mass is 468 g/mol. The van der Waals surface area contributed by atoms with Gasteiger partial charge in [0.2, 0.25) is 5.91 Å². The van der Waals surface area contributed by atoms with E-state index in [1.54, 1.807) is 36.4 Å². The number of carbonyl (C=O) groups excluding carboxylic acids is 3. The molecule has 1 aromatic heterocycles. The van der Waals surface area contributed by atoms with Gasteiger partial charge in [0.15, 0.2) is 0 Å². The highest BCUT2D eigenvalue weighted by Crippen LogP contribution is 2.27. The number of anilines is 1. The van der Waals surface area contributed by atoms with Crippen LogP contribution in [0.4, 0.5) is 15.3 Å². The number of amides is 4. The van der Waals surface area contributed by atoms with Gasteiger partial charge < -0.3 is 27.0 Å². The first-order chi connectivity index (χ1) is 15.7. The van der Waals surface area contributed by atoms with Gasteiger partial charge in [-0.1, -0.05) is 41.9 Å². The number of nitrogens with two attached hydrogens (primary N) is 2. The fourth-order valence-electron chi connectivity index (χ4n) is 4.16. The number of hydrogen-bond donors (Lipinski definition) is 4. The maximum Gasteiger partial charge on any atom is 0.323 e. The zero-order valence-corrected chi connectivity index (χ0v) is 18.8. The Morgan fingerprint density at radius 2 is 1.91 bits per heavy atom. The van der Waals surface area contributed by atoms with Crippen LogP contribution >= 0.6 is 11.6 Å². The highest BCUT2D eigenvalue weighted by atomic mass is 35.5. The summed E-state index contributed by atoms with van der Waals surface area (Å²) in [6.07, 6.45) is 1.81. The summed E-state index contributed by atoms with van der Waals surface area (Å²) in [7, 11) is 0. The second-order valence-electron chi connectivity index (χ2n) is 8.15. The van der Waals surface area contributed by atoms with E-state index >= 15 is 0 Å². The largest absolute Gasteiger partial charge is 0.351 e. The van der Waals surface area contributed by atoms with Gasteiger partial charge in [-0.2, -0.15) is 0 Å². The van der Waals surface area contributed by atoms with Crippen molar-refractivity contribution in [2.45, 2.75) is 31.5 Å². The van der Waals surface area contributed by atoms with E-state index in [2.05, 4.69) is 10.6 Å². The Kier molecular flexibility index (Phi) is 6.26. The number of hydrogen-bond acceptors (Lipinski definition) is 4. The van der Waals surface area contributed by atoms with E-state index < -0.39 is 18.1 Å². The molecule has 0 bridgehead atoms. The summed E-state index contributed by atoms with van der Waals surface area (Å²) >= 11 is 6.06. The van der Waals surface area contributed by atoms with E-state index in [0.29, 0.717) is 28.0 Å². The molecule has 0 aliphatic carbocycles. The Bertz CT molecular complexity index is 1230. The smallest absolute Gasteiger partial charge is 0.323 e. The number of halogens is 1. The zero-order valence-electron chi connectivity index (χ0n) is 18.0. The number of likely N-dealkylation sites (tertiary alicyclic amines) is 1. The Hall–Kier alpha value is -3.56. The first-order valence-corrected chi connectivity index (χ1v) is 10.9. The van der Waals surface area contributed by atoms with E-state index in [9.17, 15) is 14.4 Å². The third-order valence-electron chi connectivity index (χ3n) is 5.80. The third-order valence-corrected chi connectivity index (χ3v) is 6.03. The Morgan fingerprint density at radius 1 is 1.15 bits per heavy atom. The summed E-state index contributed by atoms with van der Waals surface area (Å²) in [4.78, 5) is 39.4. The molecule has 0 unspecified atom stereocenters. The van der Waals surface area contributed by atoms with Crippen LogP contribution < -0.4 is 22.1 Å². The number of benzene rings is 2. The summed E-state index contributed by atoms with van der Waals surface area (Å²) in [5, 5.41) is 6.98. The quantitative estimate of drug-likeness (QED) is 0.468. The lowest BCUT2D eigenvalue weighted by Crippen LogP contribution is -2.48. The number of urea groups is 1. The molecular weight excluding hydrogens is 444 g/mol. The van der Waals surface area contributed by atoms with Crippen molar-refractivity contribution in [2.24, 2.45) is 11.5 Å². The first kappa shape index (κ1) is 22.6. The molecule has 9 nitrogen and oxygen atoms in total. The fraction of sp³-hybridized carbons (Fsp3) is 0.261. The van der Waals surface area contributed by atoms with Gasteiger partial charge in [0.05, 0.1) is 17.2 Å². The lowest BCUT2D eigenvalue weighted by molar-refractivity contribution is -0.125. The molecule has 4 rings (SSSR count). The summed E-state index contributed by atoms with van der Waals surface area (Å²) in [6, 6.07) is 11.8. The van der Waals surface area contributed by atoms with Gasteiger partial charge in [-0.15, -0.1) is 0 Å². The van der Waals surface area contributed by atoms with Gasteiger partial charge >= 0.3 is 12.1 Å². The van der Waals surface area contributed by atoms with Crippen molar-refractivity contribution in [3.8, 4) is 0 Å². The maximum absolute atomic E-state index is 13.1. The van der Waals surface area contributed by atoms with Crippen molar-refractivity contribution >= 4 is 46.2 Å². The molecule has 172 valence electrons. The maximum atomic E-state index is 13.1. The van der Waals surface area contributed by atoms with Gasteiger partial charge in [-0.3, -0.25) is 9.36 Å². The number of carbonyl (C=O) groups is 3. The molecule has 3 aromatic rings. The van der Waals surface area contributed by atoms with E-state index in [1.165, 1.54) is 15.7 Å². The van der Waals surface area contributed by atoms with Crippen molar-refractivity contribution < 1.29 is 14.4 Å². The van der Waals surface area contributed by atoms with Crippen LogP contribution in [0.1, 0.15) is 24.9 Å². The van der Waals surface area contributed by atoms with Gasteiger partial charge in [0, 0.05) is 29.2 Å².